The summed E-state index contributed by atoms with van der Waals surface area (Å²) in [4.78, 5) is 12.0. The van der Waals surface area contributed by atoms with E-state index in [0.29, 0.717) is 34.1 Å². The van der Waals surface area contributed by atoms with Crippen molar-refractivity contribution in [3.8, 4) is 22.8 Å². The highest BCUT2D eigenvalue weighted by Gasteiger charge is 2.32. The van der Waals surface area contributed by atoms with E-state index in [1.165, 1.54) is 12.1 Å². The number of furan rings is 1. The molecule has 0 amide bonds. The van der Waals surface area contributed by atoms with Crippen LogP contribution in [0.2, 0.25) is 0 Å². The monoisotopic (exact) mass is 478 g/mol. The molecule has 2 aromatic carbocycles. The fraction of sp³-hybridized carbons (Fsp3) is 0.320. The lowest BCUT2D eigenvalue weighted by molar-refractivity contribution is -0.158. The van der Waals surface area contributed by atoms with E-state index >= 15 is 0 Å². The molecule has 0 aliphatic carbocycles. The van der Waals surface area contributed by atoms with E-state index in [1.807, 2.05) is 0 Å². The fourth-order valence-corrected chi connectivity index (χ4v) is 3.08. The van der Waals surface area contributed by atoms with Gasteiger partial charge in [0.05, 0.1) is 18.8 Å². The van der Waals surface area contributed by atoms with Gasteiger partial charge in [0.1, 0.15) is 29.6 Å². The molecule has 6 nitrogen and oxygen atoms in total. The Morgan fingerprint density at radius 1 is 1.00 bits per heavy atom. The fourth-order valence-electron chi connectivity index (χ4n) is 3.08. The zero-order valence-corrected chi connectivity index (χ0v) is 18.9. The quantitative estimate of drug-likeness (QED) is 0.394. The van der Waals surface area contributed by atoms with Crippen LogP contribution in [-0.4, -0.2) is 23.3 Å². The van der Waals surface area contributed by atoms with Gasteiger partial charge in [0, 0.05) is 11.1 Å². The lowest BCUT2D eigenvalue weighted by Gasteiger charge is -2.24. The number of hydrogen-bond donors (Lipinski definition) is 1. The first kappa shape index (κ1) is 25.2. The number of carbonyl (C=O) groups is 1. The molecule has 0 unspecified atom stereocenters. The molecule has 182 valence electrons. The van der Waals surface area contributed by atoms with Crippen molar-refractivity contribution in [2.24, 2.45) is 0 Å². The number of rotatable bonds is 9. The van der Waals surface area contributed by atoms with Crippen molar-refractivity contribution < 1.29 is 41.7 Å². The molecule has 9 heteroatoms. The predicted molar refractivity (Wildman–Crippen MR) is 117 cm³/mol. The predicted octanol–water partition coefficient (Wildman–Crippen LogP) is 5.76. The molecule has 0 saturated carbocycles. The standard InChI is InChI=1S/C25H25F3O6/c1-4-31-23(30)24(2,3)34-20-11-9-19(10-12-20)32-15-22-17(14-29)13-21(33-22)16-5-7-18(8-6-16)25(26,27)28/h5-13,29H,4,14-15H2,1-3H3. The minimum atomic E-state index is -4.42. The number of alkyl halides is 3. The topological polar surface area (TPSA) is 78.1 Å². The van der Waals surface area contributed by atoms with Crippen LogP contribution >= 0.6 is 0 Å². The molecule has 0 bridgehead atoms. The molecular formula is C25H25F3O6. The van der Waals surface area contributed by atoms with Crippen LogP contribution in [0.25, 0.3) is 11.3 Å². The van der Waals surface area contributed by atoms with Crippen LogP contribution in [-0.2, 0) is 28.9 Å². The highest BCUT2D eigenvalue weighted by molar-refractivity contribution is 5.79. The Balaban J connectivity index is 1.66. The van der Waals surface area contributed by atoms with Crippen molar-refractivity contribution in [3.05, 3.63) is 71.5 Å². The van der Waals surface area contributed by atoms with Gasteiger partial charge in [-0.1, -0.05) is 12.1 Å². The third-order valence-corrected chi connectivity index (χ3v) is 4.90. The number of ether oxygens (including phenoxy) is 3. The lowest BCUT2D eigenvalue weighted by atomic mass is 10.1. The van der Waals surface area contributed by atoms with Crippen molar-refractivity contribution in [3.63, 3.8) is 0 Å². The number of carbonyl (C=O) groups excluding carboxylic acids is 1. The van der Waals surface area contributed by atoms with Gasteiger partial charge in [0.2, 0.25) is 0 Å². The third kappa shape index (κ3) is 6.11. The Kier molecular flexibility index (Phi) is 7.56. The Morgan fingerprint density at radius 3 is 2.18 bits per heavy atom. The summed E-state index contributed by atoms with van der Waals surface area (Å²) in [6.45, 7) is 4.85. The summed E-state index contributed by atoms with van der Waals surface area (Å²) in [5.74, 6) is 1.12. The molecule has 0 atom stereocenters. The maximum atomic E-state index is 12.8. The molecule has 0 spiro atoms. The van der Waals surface area contributed by atoms with Gasteiger partial charge in [-0.05, 0) is 63.2 Å². The Hall–Kier alpha value is -3.46. The highest BCUT2D eigenvalue weighted by atomic mass is 19.4. The number of aliphatic hydroxyl groups is 1. The largest absolute Gasteiger partial charge is 0.486 e. The highest BCUT2D eigenvalue weighted by Crippen LogP contribution is 2.32. The van der Waals surface area contributed by atoms with Gasteiger partial charge in [-0.15, -0.1) is 0 Å². The maximum absolute atomic E-state index is 12.8. The zero-order valence-electron chi connectivity index (χ0n) is 18.9. The van der Waals surface area contributed by atoms with Gasteiger partial charge in [0.15, 0.2) is 5.60 Å². The van der Waals surface area contributed by atoms with Crippen molar-refractivity contribution in [1.29, 1.82) is 0 Å². The van der Waals surface area contributed by atoms with Crippen molar-refractivity contribution >= 4 is 5.97 Å². The molecule has 1 aromatic heterocycles. The van der Waals surface area contributed by atoms with Gasteiger partial charge in [-0.2, -0.15) is 13.2 Å². The summed E-state index contributed by atoms with van der Waals surface area (Å²) in [7, 11) is 0. The van der Waals surface area contributed by atoms with E-state index < -0.39 is 23.3 Å². The van der Waals surface area contributed by atoms with Gasteiger partial charge in [-0.25, -0.2) is 4.79 Å². The van der Waals surface area contributed by atoms with Crippen LogP contribution in [0.1, 0.15) is 37.7 Å². The second kappa shape index (κ2) is 10.2. The van der Waals surface area contributed by atoms with Crippen molar-refractivity contribution in [2.45, 2.75) is 45.8 Å². The van der Waals surface area contributed by atoms with E-state index in [0.717, 1.165) is 12.1 Å². The van der Waals surface area contributed by atoms with Crippen LogP contribution in [0.5, 0.6) is 11.5 Å². The molecule has 3 rings (SSSR count). The van der Waals surface area contributed by atoms with Crippen LogP contribution in [0.3, 0.4) is 0 Å². The Morgan fingerprint density at radius 2 is 1.62 bits per heavy atom. The lowest BCUT2D eigenvalue weighted by Crippen LogP contribution is -2.39. The smallest absolute Gasteiger partial charge is 0.416 e. The summed E-state index contributed by atoms with van der Waals surface area (Å²) >= 11 is 0. The number of halogens is 3. The molecule has 0 radical (unpaired) electrons. The Bertz CT molecular complexity index is 1100. The molecule has 34 heavy (non-hydrogen) atoms. The van der Waals surface area contributed by atoms with Gasteiger partial charge in [0.25, 0.3) is 0 Å². The van der Waals surface area contributed by atoms with E-state index in [4.69, 9.17) is 18.6 Å². The number of esters is 1. The summed E-state index contributed by atoms with van der Waals surface area (Å²) in [6, 6.07) is 12.7. The number of hydrogen-bond acceptors (Lipinski definition) is 6. The third-order valence-electron chi connectivity index (χ3n) is 4.90. The van der Waals surface area contributed by atoms with E-state index in [1.54, 1.807) is 51.1 Å². The van der Waals surface area contributed by atoms with Crippen molar-refractivity contribution in [2.75, 3.05) is 6.61 Å². The second-order valence-corrected chi connectivity index (χ2v) is 7.89. The summed E-state index contributed by atoms with van der Waals surface area (Å²) in [6.07, 6.45) is -4.42. The first-order valence-corrected chi connectivity index (χ1v) is 10.5. The average molecular weight is 478 g/mol. The molecule has 0 saturated heterocycles. The van der Waals surface area contributed by atoms with Crippen LogP contribution in [0.4, 0.5) is 13.2 Å². The van der Waals surface area contributed by atoms with Crippen LogP contribution in [0, 0.1) is 0 Å². The molecule has 0 fully saturated rings. The SMILES string of the molecule is CCOC(=O)C(C)(C)Oc1ccc(OCc2oc(-c3ccc(C(F)(F)F)cc3)cc2CO)cc1. The summed E-state index contributed by atoms with van der Waals surface area (Å²) in [5.41, 5.74) is -1.00. The first-order chi connectivity index (χ1) is 16.0. The molecule has 1 heterocycles. The second-order valence-electron chi connectivity index (χ2n) is 7.89. The number of benzene rings is 2. The van der Waals surface area contributed by atoms with Crippen molar-refractivity contribution in [1.82, 2.24) is 0 Å². The van der Waals surface area contributed by atoms with Gasteiger partial charge in [-0.3, -0.25) is 0 Å². The van der Waals surface area contributed by atoms with Crippen LogP contribution < -0.4 is 9.47 Å². The van der Waals surface area contributed by atoms with E-state index in [-0.39, 0.29) is 19.8 Å². The summed E-state index contributed by atoms with van der Waals surface area (Å²) < 4.78 is 60.5. The van der Waals surface area contributed by atoms with E-state index in [2.05, 4.69) is 0 Å². The molecule has 0 aliphatic heterocycles. The number of aliphatic hydroxyl groups excluding tert-OH is 1. The minimum Gasteiger partial charge on any atom is -0.486 e. The van der Waals surface area contributed by atoms with E-state index in [9.17, 15) is 23.1 Å². The maximum Gasteiger partial charge on any atom is 0.416 e. The molecule has 0 aliphatic rings. The van der Waals surface area contributed by atoms with Gasteiger partial charge >= 0.3 is 12.1 Å². The zero-order chi connectivity index (χ0) is 24.9. The molecule has 3 aromatic rings. The van der Waals surface area contributed by atoms with Crippen LogP contribution in [0.15, 0.2) is 59.0 Å². The molecular weight excluding hydrogens is 453 g/mol. The average Bonchev–Trinajstić information content (AvgIpc) is 3.21. The van der Waals surface area contributed by atoms with Gasteiger partial charge < -0.3 is 23.7 Å². The summed E-state index contributed by atoms with van der Waals surface area (Å²) in [5, 5.41) is 9.64. The normalized spacial score (nSPS) is 11.9. The minimum absolute atomic E-state index is 0.00888. The first-order valence-electron chi connectivity index (χ1n) is 10.5. The Labute approximate surface area is 194 Å². The molecule has 1 N–H and O–H groups in total.